The van der Waals surface area contributed by atoms with Crippen molar-refractivity contribution in [2.24, 2.45) is 0 Å². The van der Waals surface area contributed by atoms with Gasteiger partial charge in [0.1, 0.15) is 5.75 Å². The van der Waals surface area contributed by atoms with Crippen LogP contribution in [0, 0.1) is 6.92 Å². The third-order valence-corrected chi connectivity index (χ3v) is 4.19. The van der Waals surface area contributed by atoms with Gasteiger partial charge >= 0.3 is 0 Å². The van der Waals surface area contributed by atoms with Crippen LogP contribution in [0.3, 0.4) is 0 Å². The standard InChI is InChI=1S/C19H20N2O3/c1-13-6-3-4-7-15(13)19(23)20-14-9-10-17(24-2)16(12-14)21-11-5-8-18(21)22/h3-4,6-7,9-10,12H,5,8,11H2,1-2H3,(H,20,23). The third-order valence-electron chi connectivity index (χ3n) is 4.19. The molecule has 0 aromatic heterocycles. The maximum absolute atomic E-state index is 12.5. The first-order chi connectivity index (χ1) is 11.6. The molecule has 1 aliphatic rings. The molecule has 0 bridgehead atoms. The van der Waals surface area contributed by atoms with Crippen molar-refractivity contribution < 1.29 is 14.3 Å². The first-order valence-corrected chi connectivity index (χ1v) is 7.95. The summed E-state index contributed by atoms with van der Waals surface area (Å²) in [7, 11) is 1.57. The van der Waals surface area contributed by atoms with Crippen molar-refractivity contribution >= 4 is 23.2 Å². The lowest BCUT2D eigenvalue weighted by Crippen LogP contribution is -2.24. The second-order valence-corrected chi connectivity index (χ2v) is 5.80. The van der Waals surface area contributed by atoms with Crippen LogP contribution in [0.15, 0.2) is 42.5 Å². The molecule has 0 saturated carbocycles. The fourth-order valence-corrected chi connectivity index (χ4v) is 2.91. The monoisotopic (exact) mass is 324 g/mol. The van der Waals surface area contributed by atoms with Gasteiger partial charge in [0.15, 0.2) is 0 Å². The minimum Gasteiger partial charge on any atom is -0.495 e. The number of rotatable bonds is 4. The van der Waals surface area contributed by atoms with Gasteiger partial charge in [-0.2, -0.15) is 0 Å². The van der Waals surface area contributed by atoms with E-state index >= 15 is 0 Å². The van der Waals surface area contributed by atoms with Crippen molar-refractivity contribution in [3.05, 3.63) is 53.6 Å². The van der Waals surface area contributed by atoms with E-state index in [1.54, 1.807) is 36.3 Å². The van der Waals surface area contributed by atoms with E-state index in [0.717, 1.165) is 12.0 Å². The number of hydrogen-bond acceptors (Lipinski definition) is 3. The Morgan fingerprint density at radius 1 is 1.21 bits per heavy atom. The van der Waals surface area contributed by atoms with E-state index in [1.165, 1.54) is 0 Å². The Hall–Kier alpha value is -2.82. The number of methoxy groups -OCH3 is 1. The van der Waals surface area contributed by atoms with E-state index in [-0.39, 0.29) is 11.8 Å². The summed E-state index contributed by atoms with van der Waals surface area (Å²) in [5.41, 5.74) is 2.88. The lowest BCUT2D eigenvalue weighted by Gasteiger charge is -2.20. The fraction of sp³-hybridized carbons (Fsp3) is 0.263. The molecule has 5 nitrogen and oxygen atoms in total. The van der Waals surface area contributed by atoms with E-state index < -0.39 is 0 Å². The van der Waals surface area contributed by atoms with Gasteiger partial charge in [-0.05, 0) is 43.2 Å². The zero-order valence-electron chi connectivity index (χ0n) is 13.8. The highest BCUT2D eigenvalue weighted by molar-refractivity contribution is 6.06. The zero-order valence-corrected chi connectivity index (χ0v) is 13.8. The summed E-state index contributed by atoms with van der Waals surface area (Å²) in [4.78, 5) is 26.2. The molecule has 3 rings (SSSR count). The van der Waals surface area contributed by atoms with Crippen LogP contribution in [-0.4, -0.2) is 25.5 Å². The number of nitrogens with zero attached hydrogens (tertiary/aromatic N) is 1. The molecule has 1 aliphatic heterocycles. The molecule has 2 aromatic rings. The van der Waals surface area contributed by atoms with Gasteiger partial charge in [0.2, 0.25) is 5.91 Å². The lowest BCUT2D eigenvalue weighted by atomic mass is 10.1. The number of carbonyl (C=O) groups excluding carboxylic acids is 2. The summed E-state index contributed by atoms with van der Waals surface area (Å²) in [5, 5.41) is 2.90. The highest BCUT2D eigenvalue weighted by atomic mass is 16.5. The third kappa shape index (κ3) is 3.11. The zero-order chi connectivity index (χ0) is 17.1. The highest BCUT2D eigenvalue weighted by Gasteiger charge is 2.25. The van der Waals surface area contributed by atoms with E-state index in [0.29, 0.717) is 35.7 Å². The van der Waals surface area contributed by atoms with Crippen LogP contribution in [-0.2, 0) is 4.79 Å². The second-order valence-electron chi connectivity index (χ2n) is 5.80. The first kappa shape index (κ1) is 16.1. The van der Waals surface area contributed by atoms with Gasteiger partial charge in [0.25, 0.3) is 5.91 Å². The molecule has 1 N–H and O–H groups in total. The topological polar surface area (TPSA) is 58.6 Å². The molecule has 2 aromatic carbocycles. The summed E-state index contributed by atoms with van der Waals surface area (Å²) < 4.78 is 5.36. The highest BCUT2D eigenvalue weighted by Crippen LogP contribution is 2.34. The normalized spacial score (nSPS) is 13.9. The molecule has 1 saturated heterocycles. The summed E-state index contributed by atoms with van der Waals surface area (Å²) in [6, 6.07) is 12.8. The van der Waals surface area contributed by atoms with Gasteiger partial charge in [0.05, 0.1) is 12.8 Å². The Morgan fingerprint density at radius 3 is 2.67 bits per heavy atom. The molecule has 0 spiro atoms. The number of nitrogens with one attached hydrogen (secondary N) is 1. The smallest absolute Gasteiger partial charge is 0.255 e. The first-order valence-electron chi connectivity index (χ1n) is 7.95. The van der Waals surface area contributed by atoms with Gasteiger partial charge in [-0.1, -0.05) is 18.2 Å². The molecule has 1 heterocycles. The molecular weight excluding hydrogens is 304 g/mol. The average Bonchev–Trinajstić information content (AvgIpc) is 3.01. The minimum absolute atomic E-state index is 0.0793. The summed E-state index contributed by atoms with van der Waals surface area (Å²) >= 11 is 0. The number of hydrogen-bond donors (Lipinski definition) is 1. The van der Waals surface area contributed by atoms with E-state index in [9.17, 15) is 9.59 Å². The van der Waals surface area contributed by atoms with E-state index in [1.807, 2.05) is 25.1 Å². The number of anilines is 2. The number of ether oxygens (including phenoxy) is 1. The van der Waals surface area contributed by atoms with Crippen LogP contribution in [0.4, 0.5) is 11.4 Å². The van der Waals surface area contributed by atoms with Crippen LogP contribution >= 0.6 is 0 Å². The maximum Gasteiger partial charge on any atom is 0.255 e. The minimum atomic E-state index is -0.169. The van der Waals surface area contributed by atoms with Crippen LogP contribution in [0.25, 0.3) is 0 Å². The molecular formula is C19H20N2O3. The maximum atomic E-state index is 12.5. The van der Waals surface area contributed by atoms with Crippen LogP contribution in [0.1, 0.15) is 28.8 Å². The van der Waals surface area contributed by atoms with Gasteiger partial charge in [0, 0.05) is 24.2 Å². The van der Waals surface area contributed by atoms with Gasteiger partial charge in [-0.15, -0.1) is 0 Å². The van der Waals surface area contributed by atoms with Crippen molar-refractivity contribution in [1.29, 1.82) is 0 Å². The van der Waals surface area contributed by atoms with Gasteiger partial charge in [-0.3, -0.25) is 9.59 Å². The largest absolute Gasteiger partial charge is 0.495 e. The second kappa shape index (κ2) is 6.74. The fourth-order valence-electron chi connectivity index (χ4n) is 2.91. The van der Waals surface area contributed by atoms with Crippen molar-refractivity contribution in [2.45, 2.75) is 19.8 Å². The predicted molar refractivity (Wildman–Crippen MR) is 93.7 cm³/mol. The Balaban J connectivity index is 1.88. The molecule has 0 aliphatic carbocycles. The number of amides is 2. The molecule has 24 heavy (non-hydrogen) atoms. The number of benzene rings is 2. The summed E-state index contributed by atoms with van der Waals surface area (Å²) in [5.74, 6) is 0.534. The Bertz CT molecular complexity index is 786. The Morgan fingerprint density at radius 2 is 2.00 bits per heavy atom. The molecule has 5 heteroatoms. The van der Waals surface area contributed by atoms with Crippen molar-refractivity contribution in [3.8, 4) is 5.75 Å². The molecule has 0 atom stereocenters. The Labute approximate surface area is 141 Å². The molecule has 124 valence electrons. The quantitative estimate of drug-likeness (QED) is 0.938. The van der Waals surface area contributed by atoms with Crippen molar-refractivity contribution in [2.75, 3.05) is 23.9 Å². The molecule has 0 unspecified atom stereocenters. The van der Waals surface area contributed by atoms with Gasteiger partial charge < -0.3 is 15.0 Å². The number of carbonyl (C=O) groups is 2. The molecule has 0 radical (unpaired) electrons. The molecule has 1 fully saturated rings. The van der Waals surface area contributed by atoms with Crippen LogP contribution < -0.4 is 15.0 Å². The Kier molecular flexibility index (Phi) is 4.51. The van der Waals surface area contributed by atoms with Crippen molar-refractivity contribution in [3.63, 3.8) is 0 Å². The van der Waals surface area contributed by atoms with Crippen LogP contribution in [0.5, 0.6) is 5.75 Å². The average molecular weight is 324 g/mol. The predicted octanol–water partition coefficient (Wildman–Crippen LogP) is 3.38. The van der Waals surface area contributed by atoms with E-state index in [4.69, 9.17) is 4.74 Å². The summed E-state index contributed by atoms with van der Waals surface area (Å²) in [6.45, 7) is 2.57. The van der Waals surface area contributed by atoms with Gasteiger partial charge in [-0.25, -0.2) is 0 Å². The molecule has 2 amide bonds. The van der Waals surface area contributed by atoms with Crippen LogP contribution in [0.2, 0.25) is 0 Å². The lowest BCUT2D eigenvalue weighted by molar-refractivity contribution is -0.117. The van der Waals surface area contributed by atoms with E-state index in [2.05, 4.69) is 5.32 Å². The SMILES string of the molecule is COc1ccc(NC(=O)c2ccccc2C)cc1N1CCCC1=O. The summed E-state index contributed by atoms with van der Waals surface area (Å²) in [6.07, 6.45) is 1.38. The number of aryl methyl sites for hydroxylation is 1. The van der Waals surface area contributed by atoms with Crippen molar-refractivity contribution in [1.82, 2.24) is 0 Å².